The van der Waals surface area contributed by atoms with E-state index in [1.807, 2.05) is 18.2 Å². The van der Waals surface area contributed by atoms with Gasteiger partial charge in [-0.05, 0) is 57.6 Å². The van der Waals surface area contributed by atoms with Crippen LogP contribution in [0.2, 0.25) is 5.02 Å². The van der Waals surface area contributed by atoms with E-state index in [9.17, 15) is 0 Å². The average molecular weight is 367 g/mol. The maximum Gasteiger partial charge on any atom is 0.0412 e. The Bertz CT molecular complexity index is 468. The Balaban J connectivity index is 2.92. The molecule has 66 valence electrons. The summed E-state index contributed by atoms with van der Waals surface area (Å²) >= 11 is 11.7. The Kier molecular flexibility index (Phi) is 2.81. The summed E-state index contributed by atoms with van der Waals surface area (Å²) in [4.78, 5) is 0. The molecule has 0 N–H and O–H groups in total. The molecule has 0 unspecified atom stereocenters. The van der Waals surface area contributed by atoms with E-state index in [-0.39, 0.29) is 0 Å². The predicted molar refractivity (Wildman–Crippen MR) is 69.4 cm³/mol. The lowest BCUT2D eigenvalue weighted by Gasteiger charge is -2.03. The molecule has 0 aliphatic heterocycles. The summed E-state index contributed by atoms with van der Waals surface area (Å²) in [6.07, 6.45) is 0. The smallest absolute Gasteiger partial charge is 0.0412 e. The summed E-state index contributed by atoms with van der Waals surface area (Å²) in [5.41, 5.74) is 0. The van der Waals surface area contributed by atoms with Crippen molar-refractivity contribution in [2.24, 2.45) is 0 Å². The minimum atomic E-state index is 0.781. The Morgan fingerprint density at radius 2 is 1.85 bits per heavy atom. The fraction of sp³-hybridized carbons (Fsp3) is 0. The van der Waals surface area contributed by atoms with Crippen LogP contribution in [-0.2, 0) is 0 Å². The van der Waals surface area contributed by atoms with Gasteiger partial charge in [0.05, 0.1) is 0 Å². The van der Waals surface area contributed by atoms with Crippen LogP contribution in [0.3, 0.4) is 0 Å². The van der Waals surface area contributed by atoms with Crippen LogP contribution in [0.5, 0.6) is 0 Å². The maximum atomic E-state index is 5.92. The minimum absolute atomic E-state index is 0.781. The molecule has 2 rings (SSSR count). The fourth-order valence-corrected chi connectivity index (χ4v) is 2.52. The fourth-order valence-electron chi connectivity index (χ4n) is 1.25. The van der Waals surface area contributed by atoms with Crippen molar-refractivity contribution in [1.82, 2.24) is 0 Å². The van der Waals surface area contributed by atoms with Crippen LogP contribution >= 0.6 is 50.1 Å². The van der Waals surface area contributed by atoms with E-state index in [2.05, 4.69) is 50.7 Å². The van der Waals surface area contributed by atoms with E-state index in [0.29, 0.717) is 0 Å². The molecule has 0 fully saturated rings. The monoisotopic (exact) mass is 366 g/mol. The Hall–Kier alpha value is 0.200. The topological polar surface area (TPSA) is 0 Å². The summed E-state index contributed by atoms with van der Waals surface area (Å²) in [6, 6.07) is 10.1. The van der Waals surface area contributed by atoms with Crippen LogP contribution < -0.4 is 0 Å². The summed E-state index contributed by atoms with van der Waals surface area (Å²) < 4.78 is 2.33. The van der Waals surface area contributed by atoms with Crippen LogP contribution in [0, 0.1) is 3.57 Å². The van der Waals surface area contributed by atoms with Gasteiger partial charge >= 0.3 is 0 Å². The van der Waals surface area contributed by atoms with E-state index >= 15 is 0 Å². The molecule has 2 aromatic rings. The van der Waals surface area contributed by atoms with Crippen LogP contribution in [0.1, 0.15) is 0 Å². The quantitative estimate of drug-likeness (QED) is 0.584. The van der Waals surface area contributed by atoms with Gasteiger partial charge in [0.15, 0.2) is 0 Å². The van der Waals surface area contributed by atoms with E-state index in [1.165, 1.54) is 14.3 Å². The molecule has 0 spiro atoms. The molecule has 0 saturated carbocycles. The normalized spacial score (nSPS) is 10.7. The van der Waals surface area contributed by atoms with Crippen molar-refractivity contribution in [3.8, 4) is 0 Å². The third-order valence-corrected chi connectivity index (χ3v) is 3.74. The predicted octanol–water partition coefficient (Wildman–Crippen LogP) is 4.86. The van der Waals surface area contributed by atoms with E-state index in [0.717, 1.165) is 9.50 Å². The molecule has 0 bridgehead atoms. The molecule has 0 amide bonds. The van der Waals surface area contributed by atoms with E-state index in [1.54, 1.807) is 0 Å². The number of rotatable bonds is 0. The van der Waals surface area contributed by atoms with Crippen molar-refractivity contribution in [3.63, 3.8) is 0 Å². The lowest BCUT2D eigenvalue weighted by atomic mass is 10.1. The first-order valence-corrected chi connectivity index (χ1v) is 5.97. The van der Waals surface area contributed by atoms with Crippen LogP contribution in [-0.4, -0.2) is 0 Å². The summed E-state index contributed by atoms with van der Waals surface area (Å²) in [5, 5.41) is 3.18. The number of hydrogen-bond donors (Lipinski definition) is 0. The highest BCUT2D eigenvalue weighted by atomic mass is 127. The zero-order chi connectivity index (χ0) is 9.42. The first-order chi connectivity index (χ1) is 6.18. The van der Waals surface area contributed by atoms with E-state index in [4.69, 9.17) is 11.6 Å². The van der Waals surface area contributed by atoms with Crippen LogP contribution in [0.25, 0.3) is 10.8 Å². The third kappa shape index (κ3) is 1.85. The molecule has 0 saturated heterocycles. The minimum Gasteiger partial charge on any atom is -0.0843 e. The SMILES string of the molecule is Clc1ccc2c(Br)ccc(I)c2c1. The second-order valence-corrected chi connectivity index (χ2v) is 5.17. The number of hydrogen-bond acceptors (Lipinski definition) is 0. The van der Waals surface area contributed by atoms with Gasteiger partial charge in [0, 0.05) is 13.1 Å². The van der Waals surface area contributed by atoms with Gasteiger partial charge in [-0.15, -0.1) is 0 Å². The maximum absolute atomic E-state index is 5.92. The molecule has 13 heavy (non-hydrogen) atoms. The van der Waals surface area contributed by atoms with Gasteiger partial charge in [0.25, 0.3) is 0 Å². The lowest BCUT2D eigenvalue weighted by molar-refractivity contribution is 1.67. The van der Waals surface area contributed by atoms with Gasteiger partial charge in [-0.2, -0.15) is 0 Å². The Morgan fingerprint density at radius 1 is 1.08 bits per heavy atom. The molecular weight excluding hydrogens is 362 g/mol. The van der Waals surface area contributed by atoms with Crippen molar-refractivity contribution >= 4 is 60.9 Å². The first kappa shape index (κ1) is 9.74. The van der Waals surface area contributed by atoms with Crippen LogP contribution in [0.15, 0.2) is 34.8 Å². The summed E-state index contributed by atoms with van der Waals surface area (Å²) in [7, 11) is 0. The van der Waals surface area contributed by atoms with Gasteiger partial charge in [0.2, 0.25) is 0 Å². The zero-order valence-corrected chi connectivity index (χ0v) is 11.0. The highest BCUT2D eigenvalue weighted by molar-refractivity contribution is 14.1. The van der Waals surface area contributed by atoms with Crippen LogP contribution in [0.4, 0.5) is 0 Å². The van der Waals surface area contributed by atoms with Crippen molar-refractivity contribution in [2.75, 3.05) is 0 Å². The zero-order valence-electron chi connectivity index (χ0n) is 6.52. The number of fused-ring (bicyclic) bond motifs is 1. The average Bonchev–Trinajstić information content (AvgIpc) is 2.12. The molecule has 0 radical (unpaired) electrons. The first-order valence-electron chi connectivity index (χ1n) is 3.72. The largest absolute Gasteiger partial charge is 0.0843 e. The third-order valence-electron chi connectivity index (χ3n) is 1.87. The molecular formula is C10H5BrClI. The second kappa shape index (κ2) is 3.75. The van der Waals surface area contributed by atoms with Crippen molar-refractivity contribution in [2.45, 2.75) is 0 Å². The highest BCUT2D eigenvalue weighted by Crippen LogP contribution is 2.29. The molecule has 0 nitrogen and oxygen atoms in total. The second-order valence-electron chi connectivity index (χ2n) is 2.72. The standard InChI is InChI=1S/C10H5BrClI/c11-9-3-4-10(13)8-5-6(12)1-2-7(8)9/h1-5H. The van der Waals surface area contributed by atoms with Gasteiger partial charge in [-0.3, -0.25) is 0 Å². The lowest BCUT2D eigenvalue weighted by Crippen LogP contribution is -1.79. The van der Waals surface area contributed by atoms with Crippen molar-refractivity contribution < 1.29 is 0 Å². The summed E-state index contributed by atoms with van der Waals surface area (Å²) in [5.74, 6) is 0. The molecule has 0 heterocycles. The van der Waals surface area contributed by atoms with E-state index < -0.39 is 0 Å². The molecule has 2 aromatic carbocycles. The van der Waals surface area contributed by atoms with Gasteiger partial charge in [-0.25, -0.2) is 0 Å². The molecule has 0 aliphatic carbocycles. The summed E-state index contributed by atoms with van der Waals surface area (Å²) in [6.45, 7) is 0. The highest BCUT2D eigenvalue weighted by Gasteiger charge is 2.02. The molecule has 0 aromatic heterocycles. The number of halogens is 3. The van der Waals surface area contributed by atoms with Gasteiger partial charge in [-0.1, -0.05) is 33.6 Å². The van der Waals surface area contributed by atoms with Gasteiger partial charge in [0.1, 0.15) is 0 Å². The van der Waals surface area contributed by atoms with Crippen molar-refractivity contribution in [1.29, 1.82) is 0 Å². The number of benzene rings is 2. The molecule has 3 heteroatoms. The van der Waals surface area contributed by atoms with Gasteiger partial charge < -0.3 is 0 Å². The van der Waals surface area contributed by atoms with Crippen molar-refractivity contribution in [3.05, 3.63) is 43.4 Å². The molecule has 0 aliphatic rings. The molecule has 0 atom stereocenters. The Morgan fingerprint density at radius 3 is 2.62 bits per heavy atom. The Labute approximate surface area is 104 Å².